The van der Waals surface area contributed by atoms with Crippen LogP contribution in [0.1, 0.15) is 25.3 Å². The van der Waals surface area contributed by atoms with Gasteiger partial charge in [0, 0.05) is 24.3 Å². The molecule has 0 atom stereocenters. The molecule has 26 heavy (non-hydrogen) atoms. The van der Waals surface area contributed by atoms with Crippen LogP contribution in [-0.4, -0.2) is 23.3 Å². The molecule has 7 heteroatoms. The predicted molar refractivity (Wildman–Crippen MR) is 106 cm³/mol. The van der Waals surface area contributed by atoms with Crippen LogP contribution < -0.4 is 15.6 Å². The van der Waals surface area contributed by atoms with Gasteiger partial charge in [0.05, 0.1) is 5.71 Å². The number of benzene rings is 2. The van der Waals surface area contributed by atoms with Crippen molar-refractivity contribution in [1.29, 1.82) is 0 Å². The molecular weight excluding hydrogens is 351 g/mol. The second-order valence-corrected chi connectivity index (χ2v) is 6.38. The van der Waals surface area contributed by atoms with Gasteiger partial charge in [-0.1, -0.05) is 12.1 Å². The summed E-state index contributed by atoms with van der Waals surface area (Å²) in [5, 5.41) is 7.52. The van der Waals surface area contributed by atoms with E-state index in [0.29, 0.717) is 17.2 Å². The molecule has 0 aliphatic carbocycles. The molecule has 1 heterocycles. The van der Waals surface area contributed by atoms with E-state index < -0.39 is 0 Å². The number of nitrogens with one attached hydrogen (secondary N) is 2. The molecule has 1 fully saturated rings. The molecule has 0 bridgehead atoms. The fourth-order valence-electron chi connectivity index (χ4n) is 2.71. The summed E-state index contributed by atoms with van der Waals surface area (Å²) >= 11 is 5.19. The number of hydrazone groups is 1. The summed E-state index contributed by atoms with van der Waals surface area (Å²) in [5.74, 6) is -0.154. The normalized spacial score (nSPS) is 14.5. The zero-order chi connectivity index (χ0) is 18.5. The summed E-state index contributed by atoms with van der Waals surface area (Å²) in [6, 6.07) is 13.6. The van der Waals surface area contributed by atoms with Crippen LogP contribution in [0.15, 0.2) is 53.6 Å². The Bertz CT molecular complexity index is 851. The van der Waals surface area contributed by atoms with Gasteiger partial charge >= 0.3 is 0 Å². The minimum absolute atomic E-state index is 0.152. The van der Waals surface area contributed by atoms with Crippen molar-refractivity contribution in [1.82, 2.24) is 5.43 Å². The number of carbonyl (C=O) groups excluding carboxylic acids is 1. The van der Waals surface area contributed by atoms with Gasteiger partial charge in [-0.25, -0.2) is 4.39 Å². The third-order valence-corrected chi connectivity index (χ3v) is 4.27. The van der Waals surface area contributed by atoms with Crippen molar-refractivity contribution >= 4 is 40.3 Å². The number of amides is 1. The van der Waals surface area contributed by atoms with Crippen LogP contribution in [0.2, 0.25) is 0 Å². The molecule has 0 radical (unpaired) electrons. The van der Waals surface area contributed by atoms with Crippen molar-refractivity contribution in [2.45, 2.75) is 19.8 Å². The average Bonchev–Trinajstić information content (AvgIpc) is 3.08. The van der Waals surface area contributed by atoms with E-state index in [9.17, 15) is 9.18 Å². The number of halogens is 1. The molecule has 0 unspecified atom stereocenters. The van der Waals surface area contributed by atoms with Crippen LogP contribution in [0.5, 0.6) is 0 Å². The highest BCUT2D eigenvalue weighted by Gasteiger charge is 2.21. The summed E-state index contributed by atoms with van der Waals surface area (Å²) in [5.41, 5.74) is 5.97. The molecule has 2 aromatic rings. The largest absolute Gasteiger partial charge is 0.331 e. The molecule has 0 saturated carbocycles. The van der Waals surface area contributed by atoms with Crippen LogP contribution in [0.25, 0.3) is 0 Å². The summed E-state index contributed by atoms with van der Waals surface area (Å²) in [6.45, 7) is 2.61. The third kappa shape index (κ3) is 4.43. The maximum atomic E-state index is 12.9. The topological polar surface area (TPSA) is 56.7 Å². The van der Waals surface area contributed by atoms with Gasteiger partial charge in [0.2, 0.25) is 5.91 Å². The van der Waals surface area contributed by atoms with Crippen molar-refractivity contribution in [3.63, 3.8) is 0 Å². The van der Waals surface area contributed by atoms with E-state index >= 15 is 0 Å². The fourth-order valence-corrected chi connectivity index (χ4v) is 2.87. The second-order valence-electron chi connectivity index (χ2n) is 5.97. The standard InChI is InChI=1S/C19H19FN4OS/c1-13(22-23-19(26)21-16-9-7-15(20)8-10-16)14-4-2-5-17(12-14)24-11-3-6-18(24)25/h2,4-5,7-10,12H,3,6,11H2,1H3,(H2,21,23,26)/b22-13-. The summed E-state index contributed by atoms with van der Waals surface area (Å²) < 4.78 is 12.9. The summed E-state index contributed by atoms with van der Waals surface area (Å²) in [7, 11) is 0. The molecule has 5 nitrogen and oxygen atoms in total. The molecule has 0 aromatic heterocycles. The molecule has 1 saturated heterocycles. The number of rotatable bonds is 4. The lowest BCUT2D eigenvalue weighted by atomic mass is 10.1. The van der Waals surface area contributed by atoms with Gasteiger partial charge < -0.3 is 10.2 Å². The van der Waals surface area contributed by atoms with E-state index in [2.05, 4.69) is 15.8 Å². The number of anilines is 2. The van der Waals surface area contributed by atoms with Gasteiger partial charge in [-0.3, -0.25) is 10.2 Å². The van der Waals surface area contributed by atoms with Gasteiger partial charge in [-0.2, -0.15) is 5.10 Å². The van der Waals surface area contributed by atoms with Gasteiger partial charge in [0.15, 0.2) is 5.11 Å². The Morgan fingerprint density at radius 3 is 2.69 bits per heavy atom. The van der Waals surface area contributed by atoms with Crippen molar-refractivity contribution < 1.29 is 9.18 Å². The highest BCUT2D eigenvalue weighted by atomic mass is 32.1. The van der Waals surface area contributed by atoms with Crippen LogP contribution in [0.4, 0.5) is 15.8 Å². The van der Waals surface area contributed by atoms with Crippen LogP contribution >= 0.6 is 12.2 Å². The van der Waals surface area contributed by atoms with Crippen molar-refractivity contribution in [3.8, 4) is 0 Å². The summed E-state index contributed by atoms with van der Waals surface area (Å²) in [6.07, 6.45) is 1.49. The Morgan fingerprint density at radius 1 is 1.23 bits per heavy atom. The summed E-state index contributed by atoms with van der Waals surface area (Å²) in [4.78, 5) is 13.7. The van der Waals surface area contributed by atoms with Crippen LogP contribution in [-0.2, 0) is 4.79 Å². The molecule has 2 aromatic carbocycles. The van der Waals surface area contributed by atoms with E-state index in [4.69, 9.17) is 12.2 Å². The Balaban J connectivity index is 1.64. The molecule has 134 valence electrons. The first-order chi connectivity index (χ1) is 12.5. The van der Waals surface area contributed by atoms with E-state index in [0.717, 1.165) is 29.9 Å². The monoisotopic (exact) mass is 370 g/mol. The Kier molecular flexibility index (Phi) is 5.58. The maximum Gasteiger partial charge on any atom is 0.227 e. The minimum atomic E-state index is -0.306. The first-order valence-electron chi connectivity index (χ1n) is 8.30. The lowest BCUT2D eigenvalue weighted by Gasteiger charge is -2.16. The Labute approximate surface area is 156 Å². The van der Waals surface area contributed by atoms with E-state index in [1.54, 1.807) is 17.0 Å². The second kappa shape index (κ2) is 8.05. The van der Waals surface area contributed by atoms with Crippen LogP contribution in [0.3, 0.4) is 0 Å². The zero-order valence-electron chi connectivity index (χ0n) is 14.3. The fraction of sp³-hybridized carbons (Fsp3) is 0.211. The molecule has 1 aliphatic rings. The number of thiocarbonyl (C=S) groups is 1. The molecule has 0 spiro atoms. The van der Waals surface area contributed by atoms with E-state index in [-0.39, 0.29) is 11.7 Å². The van der Waals surface area contributed by atoms with Gasteiger partial charge in [0.25, 0.3) is 0 Å². The minimum Gasteiger partial charge on any atom is -0.331 e. The Morgan fingerprint density at radius 2 is 2.00 bits per heavy atom. The highest BCUT2D eigenvalue weighted by Crippen LogP contribution is 2.22. The van der Waals surface area contributed by atoms with Crippen LogP contribution in [0, 0.1) is 5.82 Å². The van der Waals surface area contributed by atoms with Gasteiger partial charge in [-0.05, 0) is 67.5 Å². The third-order valence-electron chi connectivity index (χ3n) is 4.08. The average molecular weight is 370 g/mol. The lowest BCUT2D eigenvalue weighted by molar-refractivity contribution is -0.117. The number of hydrogen-bond acceptors (Lipinski definition) is 3. The Hall–Kier alpha value is -2.80. The smallest absolute Gasteiger partial charge is 0.227 e. The molecule has 2 N–H and O–H groups in total. The van der Waals surface area contributed by atoms with E-state index in [1.807, 2.05) is 31.2 Å². The molecular formula is C19H19FN4OS. The SMILES string of the molecule is C/C(=N/NC(=S)Nc1ccc(F)cc1)c1cccc(N2CCCC2=O)c1. The quantitative estimate of drug-likeness (QED) is 0.490. The van der Waals surface area contributed by atoms with E-state index in [1.165, 1.54) is 12.1 Å². The first-order valence-corrected chi connectivity index (χ1v) is 8.71. The van der Waals surface area contributed by atoms with Crippen molar-refractivity contribution in [2.24, 2.45) is 5.10 Å². The number of nitrogens with zero attached hydrogens (tertiary/aromatic N) is 2. The number of carbonyl (C=O) groups is 1. The molecule has 1 amide bonds. The predicted octanol–water partition coefficient (Wildman–Crippen LogP) is 3.66. The zero-order valence-corrected chi connectivity index (χ0v) is 15.1. The van der Waals surface area contributed by atoms with Crippen molar-refractivity contribution in [3.05, 3.63) is 59.9 Å². The lowest BCUT2D eigenvalue weighted by Crippen LogP contribution is -2.25. The molecule has 3 rings (SSSR count). The van der Waals surface area contributed by atoms with Gasteiger partial charge in [-0.15, -0.1) is 0 Å². The number of hydrogen-bond donors (Lipinski definition) is 2. The molecule has 1 aliphatic heterocycles. The first kappa shape index (κ1) is 18.0. The van der Waals surface area contributed by atoms with Crippen molar-refractivity contribution in [2.75, 3.05) is 16.8 Å². The maximum absolute atomic E-state index is 12.9. The highest BCUT2D eigenvalue weighted by molar-refractivity contribution is 7.80. The van der Waals surface area contributed by atoms with Gasteiger partial charge in [0.1, 0.15) is 5.82 Å².